The zero-order valence-corrected chi connectivity index (χ0v) is 10.6. The van der Waals surface area contributed by atoms with Crippen molar-refractivity contribution in [1.82, 2.24) is 5.32 Å². The average Bonchev–Trinajstić information content (AvgIpc) is 2.18. The molecule has 76 valence electrons. The van der Waals surface area contributed by atoms with E-state index >= 15 is 0 Å². The van der Waals surface area contributed by atoms with Gasteiger partial charge in [-0.15, -0.1) is 0 Å². The molecular weight excluding hydrogens is 258 g/mol. The minimum absolute atomic E-state index is 0.532. The molecule has 0 saturated carbocycles. The molecule has 0 bridgehead atoms. The SMILES string of the molecule is Cc1cc(Br)cc(C2CSCCN2)c1. The lowest BCUT2D eigenvalue weighted by molar-refractivity contribution is 0.594. The van der Waals surface area contributed by atoms with Gasteiger partial charge in [0.2, 0.25) is 0 Å². The largest absolute Gasteiger partial charge is 0.308 e. The molecule has 0 radical (unpaired) electrons. The number of hydrogen-bond donors (Lipinski definition) is 1. The zero-order valence-electron chi connectivity index (χ0n) is 8.22. The summed E-state index contributed by atoms with van der Waals surface area (Å²) in [6.07, 6.45) is 0. The molecule has 1 aliphatic heterocycles. The fraction of sp³-hybridized carbons (Fsp3) is 0.455. The summed E-state index contributed by atoms with van der Waals surface area (Å²) in [5.41, 5.74) is 2.73. The third-order valence-corrected chi connectivity index (χ3v) is 3.91. The van der Waals surface area contributed by atoms with Crippen molar-refractivity contribution in [3.63, 3.8) is 0 Å². The van der Waals surface area contributed by atoms with Gasteiger partial charge in [0.05, 0.1) is 0 Å². The van der Waals surface area contributed by atoms with Crippen molar-refractivity contribution >= 4 is 27.7 Å². The first-order valence-electron chi connectivity index (χ1n) is 4.84. The van der Waals surface area contributed by atoms with E-state index in [0.717, 1.165) is 6.54 Å². The molecule has 1 heterocycles. The topological polar surface area (TPSA) is 12.0 Å². The van der Waals surface area contributed by atoms with Crippen LogP contribution in [0.4, 0.5) is 0 Å². The lowest BCUT2D eigenvalue weighted by atomic mass is 10.1. The van der Waals surface area contributed by atoms with Gasteiger partial charge in [-0.3, -0.25) is 0 Å². The van der Waals surface area contributed by atoms with Crippen molar-refractivity contribution in [2.45, 2.75) is 13.0 Å². The van der Waals surface area contributed by atoms with Crippen LogP contribution in [-0.2, 0) is 0 Å². The molecule has 1 atom stereocenters. The fourth-order valence-corrected chi connectivity index (χ4v) is 3.35. The highest BCUT2D eigenvalue weighted by Gasteiger charge is 2.15. The first-order valence-corrected chi connectivity index (χ1v) is 6.79. The number of hydrogen-bond acceptors (Lipinski definition) is 2. The molecule has 1 nitrogen and oxygen atoms in total. The van der Waals surface area contributed by atoms with Crippen molar-refractivity contribution in [3.05, 3.63) is 33.8 Å². The van der Waals surface area contributed by atoms with Crippen LogP contribution in [0.1, 0.15) is 17.2 Å². The van der Waals surface area contributed by atoms with E-state index in [1.54, 1.807) is 0 Å². The van der Waals surface area contributed by atoms with Gasteiger partial charge in [-0.25, -0.2) is 0 Å². The van der Waals surface area contributed by atoms with Crippen LogP contribution in [0.3, 0.4) is 0 Å². The lowest BCUT2D eigenvalue weighted by Crippen LogP contribution is -2.30. The second-order valence-electron chi connectivity index (χ2n) is 3.64. The summed E-state index contributed by atoms with van der Waals surface area (Å²) >= 11 is 5.58. The highest BCUT2D eigenvalue weighted by atomic mass is 79.9. The monoisotopic (exact) mass is 271 g/mol. The molecule has 0 aromatic heterocycles. The van der Waals surface area contributed by atoms with E-state index in [9.17, 15) is 0 Å². The van der Waals surface area contributed by atoms with E-state index in [1.165, 1.54) is 27.1 Å². The summed E-state index contributed by atoms with van der Waals surface area (Å²) in [4.78, 5) is 0. The molecule has 1 saturated heterocycles. The Morgan fingerprint density at radius 2 is 2.29 bits per heavy atom. The van der Waals surface area contributed by atoms with E-state index < -0.39 is 0 Å². The van der Waals surface area contributed by atoms with E-state index in [-0.39, 0.29) is 0 Å². The Morgan fingerprint density at radius 3 is 2.93 bits per heavy atom. The zero-order chi connectivity index (χ0) is 9.97. The van der Waals surface area contributed by atoms with Gasteiger partial charge in [-0.2, -0.15) is 11.8 Å². The number of rotatable bonds is 1. The number of nitrogens with one attached hydrogen (secondary N) is 1. The Bertz CT molecular complexity index is 301. The van der Waals surface area contributed by atoms with E-state index in [0.29, 0.717) is 6.04 Å². The normalized spacial score (nSPS) is 22.3. The van der Waals surface area contributed by atoms with Crippen molar-refractivity contribution in [1.29, 1.82) is 0 Å². The second-order valence-corrected chi connectivity index (χ2v) is 5.71. The van der Waals surface area contributed by atoms with Gasteiger partial charge < -0.3 is 5.32 Å². The molecule has 14 heavy (non-hydrogen) atoms. The maximum Gasteiger partial charge on any atom is 0.0412 e. The Hall–Kier alpha value is 0.01000. The molecule has 0 spiro atoms. The minimum Gasteiger partial charge on any atom is -0.308 e. The first-order chi connectivity index (χ1) is 6.75. The quantitative estimate of drug-likeness (QED) is 0.843. The second kappa shape index (κ2) is 4.69. The third-order valence-electron chi connectivity index (χ3n) is 2.39. The summed E-state index contributed by atoms with van der Waals surface area (Å²) in [5, 5.41) is 3.55. The van der Waals surface area contributed by atoms with Crippen LogP contribution in [0.15, 0.2) is 22.7 Å². The Kier molecular flexibility index (Phi) is 3.52. The molecule has 1 N–H and O–H groups in total. The Morgan fingerprint density at radius 1 is 1.43 bits per heavy atom. The molecular formula is C11H14BrNS. The van der Waals surface area contributed by atoms with Crippen LogP contribution in [0.25, 0.3) is 0 Å². The summed E-state index contributed by atoms with van der Waals surface area (Å²) in [6.45, 7) is 3.27. The van der Waals surface area contributed by atoms with E-state index in [1.807, 2.05) is 11.8 Å². The van der Waals surface area contributed by atoms with Crippen LogP contribution in [-0.4, -0.2) is 18.1 Å². The van der Waals surface area contributed by atoms with Crippen molar-refractivity contribution in [3.8, 4) is 0 Å². The van der Waals surface area contributed by atoms with Crippen LogP contribution in [0.5, 0.6) is 0 Å². The van der Waals surface area contributed by atoms with Crippen molar-refractivity contribution in [2.24, 2.45) is 0 Å². The van der Waals surface area contributed by atoms with Gasteiger partial charge in [0.25, 0.3) is 0 Å². The fourth-order valence-electron chi connectivity index (χ4n) is 1.75. The van der Waals surface area contributed by atoms with Crippen LogP contribution in [0.2, 0.25) is 0 Å². The molecule has 0 aliphatic carbocycles. The number of aryl methyl sites for hydroxylation is 1. The number of benzene rings is 1. The average molecular weight is 272 g/mol. The Balaban J connectivity index is 2.21. The van der Waals surface area contributed by atoms with E-state index in [2.05, 4.69) is 46.4 Å². The van der Waals surface area contributed by atoms with Gasteiger partial charge in [0.1, 0.15) is 0 Å². The van der Waals surface area contributed by atoms with Gasteiger partial charge >= 0.3 is 0 Å². The highest BCUT2D eigenvalue weighted by Crippen LogP contribution is 2.25. The number of thioether (sulfide) groups is 1. The van der Waals surface area contributed by atoms with Crippen molar-refractivity contribution in [2.75, 3.05) is 18.1 Å². The van der Waals surface area contributed by atoms with Crippen LogP contribution in [0, 0.1) is 6.92 Å². The van der Waals surface area contributed by atoms with Gasteiger partial charge in [0, 0.05) is 28.6 Å². The maximum atomic E-state index is 3.55. The lowest BCUT2D eigenvalue weighted by Gasteiger charge is -2.24. The molecule has 1 aromatic carbocycles. The smallest absolute Gasteiger partial charge is 0.0412 e. The Labute approximate surface area is 97.8 Å². The highest BCUT2D eigenvalue weighted by molar-refractivity contribution is 9.10. The molecule has 1 fully saturated rings. The maximum absolute atomic E-state index is 3.55. The minimum atomic E-state index is 0.532. The standard InChI is InChI=1S/C11H14BrNS/c1-8-4-9(6-10(12)5-8)11-7-14-3-2-13-11/h4-6,11,13H,2-3,7H2,1H3. The van der Waals surface area contributed by atoms with Gasteiger partial charge in [-0.1, -0.05) is 22.0 Å². The van der Waals surface area contributed by atoms with Crippen LogP contribution >= 0.6 is 27.7 Å². The van der Waals surface area contributed by atoms with Gasteiger partial charge in [0.15, 0.2) is 0 Å². The summed E-state index contributed by atoms with van der Waals surface area (Å²) < 4.78 is 1.19. The molecule has 1 aromatic rings. The van der Waals surface area contributed by atoms with Gasteiger partial charge in [-0.05, 0) is 30.2 Å². The molecule has 0 amide bonds. The molecule has 1 aliphatic rings. The van der Waals surface area contributed by atoms with Crippen molar-refractivity contribution < 1.29 is 0 Å². The molecule has 2 rings (SSSR count). The first kappa shape index (κ1) is 10.5. The summed E-state index contributed by atoms with van der Waals surface area (Å²) in [6, 6.07) is 7.18. The summed E-state index contributed by atoms with van der Waals surface area (Å²) in [5.74, 6) is 2.43. The predicted molar refractivity (Wildman–Crippen MR) is 66.9 cm³/mol. The molecule has 3 heteroatoms. The third kappa shape index (κ3) is 2.53. The molecule has 1 unspecified atom stereocenters. The number of halogens is 1. The van der Waals surface area contributed by atoms with Crippen LogP contribution < -0.4 is 5.32 Å². The summed E-state index contributed by atoms with van der Waals surface area (Å²) in [7, 11) is 0. The predicted octanol–water partition coefficient (Wildman–Crippen LogP) is 3.14. The van der Waals surface area contributed by atoms with E-state index in [4.69, 9.17) is 0 Å².